The van der Waals surface area contributed by atoms with Gasteiger partial charge < -0.3 is 0 Å². The molecule has 7 nitrogen and oxygen atoms in total. The predicted octanol–water partition coefficient (Wildman–Crippen LogP) is 3.67. The van der Waals surface area contributed by atoms with Crippen molar-refractivity contribution >= 4 is 28.1 Å². The highest BCUT2D eigenvalue weighted by molar-refractivity contribution is 7.18. The summed E-state index contributed by atoms with van der Waals surface area (Å²) in [5.74, 6) is -0.464. The summed E-state index contributed by atoms with van der Waals surface area (Å²) in [5.41, 5.74) is 1.51. The molecular formula is C16H12N4O3S. The smallest absolute Gasteiger partial charge is 0.273 e. The average molecular weight is 340 g/mol. The fourth-order valence-electron chi connectivity index (χ4n) is 2.09. The highest BCUT2D eigenvalue weighted by Crippen LogP contribution is 2.26. The maximum atomic E-state index is 12.3. The highest BCUT2D eigenvalue weighted by Gasteiger charge is 2.16. The van der Waals surface area contributed by atoms with Crippen molar-refractivity contribution in [3.05, 3.63) is 69.8 Å². The van der Waals surface area contributed by atoms with Crippen molar-refractivity contribution < 1.29 is 9.72 Å². The molecule has 3 aromatic rings. The third kappa shape index (κ3) is 3.28. The number of benzene rings is 2. The number of rotatable bonds is 4. The minimum absolute atomic E-state index is 0.0927. The van der Waals surface area contributed by atoms with E-state index in [-0.39, 0.29) is 11.3 Å². The zero-order valence-corrected chi connectivity index (χ0v) is 13.4. The second-order valence-corrected chi connectivity index (χ2v) is 5.97. The monoisotopic (exact) mass is 340 g/mol. The van der Waals surface area contributed by atoms with Gasteiger partial charge in [-0.2, -0.15) is 0 Å². The summed E-state index contributed by atoms with van der Waals surface area (Å²) in [6.45, 7) is 1.62. The van der Waals surface area contributed by atoms with Crippen LogP contribution >= 0.6 is 11.3 Å². The van der Waals surface area contributed by atoms with E-state index in [2.05, 4.69) is 15.5 Å². The Labute approximate surface area is 141 Å². The van der Waals surface area contributed by atoms with Crippen LogP contribution in [0.1, 0.15) is 15.9 Å². The number of hydrogen-bond acceptors (Lipinski definition) is 6. The Morgan fingerprint density at radius 2 is 1.92 bits per heavy atom. The molecule has 8 heteroatoms. The van der Waals surface area contributed by atoms with E-state index in [1.807, 2.05) is 30.3 Å². The quantitative estimate of drug-likeness (QED) is 0.577. The first-order valence-electron chi connectivity index (χ1n) is 7.00. The Morgan fingerprint density at radius 3 is 2.62 bits per heavy atom. The van der Waals surface area contributed by atoms with Gasteiger partial charge in [0.25, 0.3) is 11.6 Å². The van der Waals surface area contributed by atoms with Crippen LogP contribution in [-0.4, -0.2) is 21.0 Å². The number of amides is 1. The first-order valence-corrected chi connectivity index (χ1v) is 7.81. The van der Waals surface area contributed by atoms with Gasteiger partial charge in [0.05, 0.1) is 4.92 Å². The molecule has 1 amide bonds. The molecule has 0 fully saturated rings. The summed E-state index contributed by atoms with van der Waals surface area (Å²) in [4.78, 5) is 22.7. The lowest BCUT2D eigenvalue weighted by molar-refractivity contribution is -0.385. The Balaban J connectivity index is 1.80. The van der Waals surface area contributed by atoms with Crippen molar-refractivity contribution in [2.75, 3.05) is 5.32 Å². The Morgan fingerprint density at radius 1 is 1.17 bits per heavy atom. The van der Waals surface area contributed by atoms with Crippen molar-refractivity contribution in [3.8, 4) is 10.6 Å². The van der Waals surface area contributed by atoms with Crippen molar-refractivity contribution in [1.82, 2.24) is 10.2 Å². The lowest BCUT2D eigenvalue weighted by atomic mass is 10.1. The van der Waals surface area contributed by atoms with E-state index in [1.165, 1.54) is 23.5 Å². The second kappa shape index (κ2) is 6.55. The van der Waals surface area contributed by atoms with Gasteiger partial charge in [0, 0.05) is 22.8 Å². The Hall–Kier alpha value is -3.13. The predicted molar refractivity (Wildman–Crippen MR) is 91.1 cm³/mol. The molecule has 0 spiro atoms. The number of hydrogen-bond donors (Lipinski definition) is 1. The summed E-state index contributed by atoms with van der Waals surface area (Å²) in [6.07, 6.45) is 0. The SMILES string of the molecule is Cc1ccc(C(=O)Nc2nnc(-c3ccccc3)s2)cc1[N+](=O)[O-]. The molecule has 1 heterocycles. The lowest BCUT2D eigenvalue weighted by Gasteiger charge is -2.02. The number of aromatic nitrogens is 2. The number of carbonyl (C=O) groups is 1. The fourth-order valence-corrected chi connectivity index (χ4v) is 2.83. The number of nitrogens with zero attached hydrogens (tertiary/aromatic N) is 3. The first kappa shape index (κ1) is 15.8. The standard InChI is InChI=1S/C16H12N4O3S/c1-10-7-8-12(9-13(10)20(22)23)14(21)17-16-19-18-15(24-16)11-5-3-2-4-6-11/h2-9H,1H3,(H,17,19,21). The van der Waals surface area contributed by atoms with Crippen LogP contribution in [0.5, 0.6) is 0 Å². The van der Waals surface area contributed by atoms with Crippen LogP contribution in [0, 0.1) is 17.0 Å². The molecule has 0 aliphatic carbocycles. The molecule has 0 unspecified atom stereocenters. The van der Waals surface area contributed by atoms with E-state index in [9.17, 15) is 14.9 Å². The van der Waals surface area contributed by atoms with Crippen molar-refractivity contribution in [3.63, 3.8) is 0 Å². The number of nitro groups is 1. The molecule has 0 saturated heterocycles. The first-order chi connectivity index (χ1) is 11.5. The number of nitro benzene ring substituents is 1. The summed E-state index contributed by atoms with van der Waals surface area (Å²) in [6, 6.07) is 13.8. The van der Waals surface area contributed by atoms with E-state index in [0.29, 0.717) is 15.7 Å². The van der Waals surface area contributed by atoms with Crippen molar-refractivity contribution in [1.29, 1.82) is 0 Å². The summed E-state index contributed by atoms with van der Waals surface area (Å²) in [7, 11) is 0. The van der Waals surface area contributed by atoms with Gasteiger partial charge in [0.2, 0.25) is 5.13 Å². The Bertz CT molecular complexity index is 909. The highest BCUT2D eigenvalue weighted by atomic mass is 32.1. The molecule has 0 saturated carbocycles. The van der Waals surface area contributed by atoms with Crippen LogP contribution in [0.15, 0.2) is 48.5 Å². The van der Waals surface area contributed by atoms with Gasteiger partial charge in [-0.25, -0.2) is 0 Å². The molecule has 120 valence electrons. The van der Waals surface area contributed by atoms with E-state index >= 15 is 0 Å². The van der Waals surface area contributed by atoms with E-state index < -0.39 is 10.8 Å². The van der Waals surface area contributed by atoms with Crippen LogP contribution < -0.4 is 5.32 Å². The van der Waals surface area contributed by atoms with E-state index in [0.717, 1.165) is 5.56 Å². The van der Waals surface area contributed by atoms with E-state index in [4.69, 9.17) is 0 Å². The molecule has 24 heavy (non-hydrogen) atoms. The maximum Gasteiger partial charge on any atom is 0.273 e. The van der Waals surface area contributed by atoms with Crippen molar-refractivity contribution in [2.24, 2.45) is 0 Å². The molecule has 0 radical (unpaired) electrons. The van der Waals surface area contributed by atoms with Crippen LogP contribution in [0.2, 0.25) is 0 Å². The number of carbonyl (C=O) groups excluding carboxylic acids is 1. The van der Waals surface area contributed by atoms with Crippen LogP contribution in [0.25, 0.3) is 10.6 Å². The summed E-state index contributed by atoms with van der Waals surface area (Å²) >= 11 is 1.23. The van der Waals surface area contributed by atoms with Gasteiger partial charge in [0.1, 0.15) is 5.01 Å². The Kier molecular flexibility index (Phi) is 4.30. The van der Waals surface area contributed by atoms with Crippen LogP contribution in [0.3, 0.4) is 0 Å². The molecule has 3 rings (SSSR count). The van der Waals surface area contributed by atoms with Crippen LogP contribution in [-0.2, 0) is 0 Å². The van der Waals surface area contributed by atoms with Gasteiger partial charge in [-0.15, -0.1) is 10.2 Å². The topological polar surface area (TPSA) is 98.0 Å². The molecular weight excluding hydrogens is 328 g/mol. The number of anilines is 1. The third-order valence-electron chi connectivity index (χ3n) is 3.33. The molecule has 2 aromatic carbocycles. The van der Waals surface area contributed by atoms with Gasteiger partial charge in [-0.1, -0.05) is 47.7 Å². The van der Waals surface area contributed by atoms with Gasteiger partial charge in [-0.3, -0.25) is 20.2 Å². The molecule has 0 aliphatic rings. The molecule has 0 aliphatic heterocycles. The normalized spacial score (nSPS) is 10.4. The van der Waals surface area contributed by atoms with E-state index in [1.54, 1.807) is 13.0 Å². The second-order valence-electron chi connectivity index (χ2n) is 4.99. The van der Waals surface area contributed by atoms with Gasteiger partial charge >= 0.3 is 0 Å². The third-order valence-corrected chi connectivity index (χ3v) is 4.22. The molecule has 0 atom stereocenters. The van der Waals surface area contributed by atoms with Gasteiger partial charge in [-0.05, 0) is 13.0 Å². The fraction of sp³-hybridized carbons (Fsp3) is 0.0625. The number of aryl methyl sites for hydroxylation is 1. The minimum atomic E-state index is -0.509. The number of nitrogens with one attached hydrogen (secondary N) is 1. The van der Waals surface area contributed by atoms with Crippen LogP contribution in [0.4, 0.5) is 10.8 Å². The lowest BCUT2D eigenvalue weighted by Crippen LogP contribution is -2.12. The maximum absolute atomic E-state index is 12.3. The zero-order valence-electron chi connectivity index (χ0n) is 12.6. The summed E-state index contributed by atoms with van der Waals surface area (Å²) in [5, 5.41) is 22.6. The largest absolute Gasteiger partial charge is 0.296 e. The molecule has 1 N–H and O–H groups in total. The minimum Gasteiger partial charge on any atom is -0.296 e. The molecule has 0 bridgehead atoms. The van der Waals surface area contributed by atoms with Crippen molar-refractivity contribution in [2.45, 2.75) is 6.92 Å². The average Bonchev–Trinajstić information content (AvgIpc) is 3.04. The summed E-state index contributed by atoms with van der Waals surface area (Å²) < 4.78 is 0. The molecule has 1 aromatic heterocycles. The zero-order chi connectivity index (χ0) is 17.1. The van der Waals surface area contributed by atoms with Gasteiger partial charge in [0.15, 0.2) is 0 Å².